The van der Waals surface area contributed by atoms with Crippen molar-refractivity contribution in [3.8, 4) is 11.5 Å². The summed E-state index contributed by atoms with van der Waals surface area (Å²) >= 11 is 0. The second kappa shape index (κ2) is 8.28. The summed E-state index contributed by atoms with van der Waals surface area (Å²) in [5, 5.41) is 8.62. The molecule has 1 amide bonds. The van der Waals surface area contributed by atoms with Crippen molar-refractivity contribution in [1.29, 1.82) is 0 Å². The number of carbonyl (C=O) groups is 1. The van der Waals surface area contributed by atoms with E-state index in [1.165, 1.54) is 0 Å². The number of carbonyl (C=O) groups excluding carboxylic acids is 1. The molecule has 0 bridgehead atoms. The molecule has 0 aliphatic heterocycles. The zero-order chi connectivity index (χ0) is 21.0. The van der Waals surface area contributed by atoms with Gasteiger partial charge < -0.3 is 9.73 Å². The van der Waals surface area contributed by atoms with Gasteiger partial charge in [-0.2, -0.15) is 5.10 Å². The Morgan fingerprint density at radius 3 is 2.55 bits per heavy atom. The van der Waals surface area contributed by atoms with E-state index in [0.29, 0.717) is 18.8 Å². The highest BCUT2D eigenvalue weighted by atomic mass is 16.4. The lowest BCUT2D eigenvalue weighted by Crippen LogP contribution is -2.22. The van der Waals surface area contributed by atoms with Crippen LogP contribution in [0.1, 0.15) is 21.8 Å². The normalized spacial score (nSPS) is 11.0. The third kappa shape index (κ3) is 3.96. The maximum Gasteiger partial charge on any atom is 0.287 e. The molecule has 0 aliphatic carbocycles. The van der Waals surface area contributed by atoms with Crippen molar-refractivity contribution >= 4 is 16.8 Å². The van der Waals surface area contributed by atoms with Gasteiger partial charge in [0.25, 0.3) is 5.91 Å². The zero-order valence-electron chi connectivity index (χ0n) is 16.7. The molecule has 0 saturated heterocycles. The van der Waals surface area contributed by atoms with Crippen molar-refractivity contribution in [3.63, 3.8) is 0 Å². The predicted molar refractivity (Wildman–Crippen MR) is 118 cm³/mol. The van der Waals surface area contributed by atoms with Gasteiger partial charge in [-0.15, -0.1) is 0 Å². The van der Waals surface area contributed by atoms with E-state index in [4.69, 9.17) is 9.52 Å². The first-order chi connectivity index (χ1) is 15.3. The molecule has 0 saturated carbocycles. The highest BCUT2D eigenvalue weighted by Crippen LogP contribution is 2.29. The van der Waals surface area contributed by atoms with Crippen LogP contribution in [-0.4, -0.2) is 20.7 Å². The minimum Gasteiger partial charge on any atom is -0.449 e. The van der Waals surface area contributed by atoms with E-state index in [2.05, 4.69) is 22.4 Å². The van der Waals surface area contributed by atoms with E-state index in [1.54, 1.807) is 18.3 Å². The standard InChI is InChI=1S/C25H20N4O2/c30-25(27-16-19-10-6-7-15-26-19)23-14-13-22(31-23)24-20-11-4-5-12-21(20)29(28-24)17-18-8-2-1-3-9-18/h1-15H,16-17H2,(H,27,30). The van der Waals surface area contributed by atoms with Crippen LogP contribution < -0.4 is 5.32 Å². The number of para-hydroxylation sites is 1. The van der Waals surface area contributed by atoms with Crippen LogP contribution in [0.25, 0.3) is 22.4 Å². The second-order valence-corrected chi connectivity index (χ2v) is 7.18. The summed E-state index contributed by atoms with van der Waals surface area (Å²) in [4.78, 5) is 16.7. The zero-order valence-corrected chi connectivity index (χ0v) is 16.7. The van der Waals surface area contributed by atoms with Crippen molar-refractivity contribution in [2.45, 2.75) is 13.1 Å². The van der Waals surface area contributed by atoms with Gasteiger partial charge in [0.2, 0.25) is 0 Å². The molecule has 0 aliphatic rings. The fourth-order valence-corrected chi connectivity index (χ4v) is 3.53. The summed E-state index contributed by atoms with van der Waals surface area (Å²) in [5.41, 5.74) is 3.68. The summed E-state index contributed by atoms with van der Waals surface area (Å²) in [6, 6.07) is 27.3. The number of furan rings is 1. The molecule has 152 valence electrons. The number of nitrogens with zero attached hydrogens (tertiary/aromatic N) is 3. The number of fused-ring (bicyclic) bond motifs is 1. The van der Waals surface area contributed by atoms with Crippen molar-refractivity contribution in [2.24, 2.45) is 0 Å². The van der Waals surface area contributed by atoms with E-state index < -0.39 is 0 Å². The molecule has 5 rings (SSSR count). The molecule has 31 heavy (non-hydrogen) atoms. The number of hydrogen-bond donors (Lipinski definition) is 1. The fourth-order valence-electron chi connectivity index (χ4n) is 3.53. The molecule has 0 unspecified atom stereocenters. The van der Waals surface area contributed by atoms with Crippen molar-refractivity contribution in [2.75, 3.05) is 0 Å². The number of benzene rings is 2. The van der Waals surface area contributed by atoms with Gasteiger partial charge in [-0.25, -0.2) is 0 Å². The van der Waals surface area contributed by atoms with E-state index >= 15 is 0 Å². The Balaban J connectivity index is 1.41. The van der Waals surface area contributed by atoms with Crippen LogP contribution in [0.15, 0.2) is 95.5 Å². The maximum absolute atomic E-state index is 12.5. The van der Waals surface area contributed by atoms with Crippen LogP contribution in [0.5, 0.6) is 0 Å². The molecule has 0 spiro atoms. The lowest BCUT2D eigenvalue weighted by molar-refractivity contribution is 0.0923. The Morgan fingerprint density at radius 1 is 0.903 bits per heavy atom. The summed E-state index contributed by atoms with van der Waals surface area (Å²) in [7, 11) is 0. The van der Waals surface area contributed by atoms with Crippen LogP contribution in [0.3, 0.4) is 0 Å². The van der Waals surface area contributed by atoms with Crippen LogP contribution in [0.2, 0.25) is 0 Å². The predicted octanol–water partition coefficient (Wildman–Crippen LogP) is 4.67. The minimum absolute atomic E-state index is 0.243. The van der Waals surface area contributed by atoms with Gasteiger partial charge in [-0.1, -0.05) is 54.6 Å². The van der Waals surface area contributed by atoms with Crippen molar-refractivity contribution in [3.05, 3.63) is 108 Å². The SMILES string of the molecule is O=C(NCc1ccccn1)c1ccc(-c2nn(Cc3ccccc3)c3ccccc23)o1. The summed E-state index contributed by atoms with van der Waals surface area (Å²) in [6.45, 7) is 0.990. The third-order valence-corrected chi connectivity index (χ3v) is 5.05. The van der Waals surface area contributed by atoms with Gasteiger partial charge in [0.1, 0.15) is 5.69 Å². The monoisotopic (exact) mass is 408 g/mol. The third-order valence-electron chi connectivity index (χ3n) is 5.05. The summed E-state index contributed by atoms with van der Waals surface area (Å²) in [6.07, 6.45) is 1.70. The Kier molecular flexibility index (Phi) is 5.02. The number of pyridine rings is 1. The lowest BCUT2D eigenvalue weighted by Gasteiger charge is -2.03. The lowest BCUT2D eigenvalue weighted by atomic mass is 10.2. The van der Waals surface area contributed by atoms with E-state index in [0.717, 1.165) is 27.9 Å². The van der Waals surface area contributed by atoms with Gasteiger partial charge in [0.05, 0.1) is 24.3 Å². The molecule has 0 atom stereocenters. The molecule has 1 N–H and O–H groups in total. The first kappa shape index (κ1) is 18.8. The van der Waals surface area contributed by atoms with Crippen molar-refractivity contribution < 1.29 is 9.21 Å². The van der Waals surface area contributed by atoms with Crippen LogP contribution >= 0.6 is 0 Å². The highest BCUT2D eigenvalue weighted by molar-refractivity contribution is 5.94. The quantitative estimate of drug-likeness (QED) is 0.443. The summed E-state index contributed by atoms with van der Waals surface area (Å²) in [5.74, 6) is 0.517. The van der Waals surface area contributed by atoms with Crippen LogP contribution in [-0.2, 0) is 13.1 Å². The van der Waals surface area contributed by atoms with E-state index in [9.17, 15) is 4.79 Å². The largest absolute Gasteiger partial charge is 0.449 e. The number of aromatic nitrogens is 3. The van der Waals surface area contributed by atoms with Gasteiger partial charge in [0.15, 0.2) is 11.5 Å². The molecule has 0 radical (unpaired) electrons. The maximum atomic E-state index is 12.5. The Hall–Kier alpha value is -4.19. The van der Waals surface area contributed by atoms with Gasteiger partial charge in [-0.3, -0.25) is 14.5 Å². The minimum atomic E-state index is -0.287. The smallest absolute Gasteiger partial charge is 0.287 e. The van der Waals surface area contributed by atoms with Crippen molar-refractivity contribution in [1.82, 2.24) is 20.1 Å². The molecule has 6 heteroatoms. The molecule has 6 nitrogen and oxygen atoms in total. The van der Waals surface area contributed by atoms with E-state index in [-0.39, 0.29) is 11.7 Å². The molecule has 3 heterocycles. The highest BCUT2D eigenvalue weighted by Gasteiger charge is 2.18. The number of hydrogen-bond acceptors (Lipinski definition) is 4. The molecule has 2 aromatic carbocycles. The topological polar surface area (TPSA) is 73.0 Å². The fraction of sp³-hybridized carbons (Fsp3) is 0.0800. The molecule has 5 aromatic rings. The summed E-state index contributed by atoms with van der Waals surface area (Å²) < 4.78 is 7.84. The molecular formula is C25H20N4O2. The molecule has 3 aromatic heterocycles. The van der Waals surface area contributed by atoms with Gasteiger partial charge in [0, 0.05) is 11.6 Å². The van der Waals surface area contributed by atoms with Gasteiger partial charge >= 0.3 is 0 Å². The van der Waals surface area contributed by atoms with Gasteiger partial charge in [-0.05, 0) is 35.9 Å². The number of rotatable bonds is 6. The average molecular weight is 408 g/mol. The van der Waals surface area contributed by atoms with Crippen LogP contribution in [0.4, 0.5) is 0 Å². The Bertz CT molecular complexity index is 1320. The Morgan fingerprint density at radius 2 is 1.71 bits per heavy atom. The molecule has 0 fully saturated rings. The average Bonchev–Trinajstić information content (AvgIpc) is 3.45. The van der Waals surface area contributed by atoms with Crippen LogP contribution in [0, 0.1) is 0 Å². The van der Waals surface area contributed by atoms with E-state index in [1.807, 2.05) is 65.3 Å². The second-order valence-electron chi connectivity index (χ2n) is 7.18. The molecular weight excluding hydrogens is 388 g/mol. The first-order valence-corrected chi connectivity index (χ1v) is 10.1. The Labute approximate surface area is 179 Å². The first-order valence-electron chi connectivity index (χ1n) is 10.1. The number of amides is 1. The number of nitrogens with one attached hydrogen (secondary N) is 1.